The van der Waals surface area contributed by atoms with E-state index < -0.39 is 5.97 Å². The molecule has 0 aliphatic rings. The maximum Gasteiger partial charge on any atom is 0.304 e. The number of amides is 2. The highest BCUT2D eigenvalue weighted by molar-refractivity contribution is 7.10. The second kappa shape index (κ2) is 8.26. The Morgan fingerprint density at radius 3 is 2.17 bits per heavy atom. The first-order valence-electron chi connectivity index (χ1n) is 7.36. The Hall–Kier alpha value is -2.67. The molecule has 3 N–H and O–H groups in total. The minimum Gasteiger partial charge on any atom is -0.481 e. The largest absolute Gasteiger partial charge is 0.481 e. The summed E-state index contributed by atoms with van der Waals surface area (Å²) in [4.78, 5) is 35.1. The number of carboxylic acids is 1. The molecule has 0 radical (unpaired) electrons. The zero-order valence-corrected chi connectivity index (χ0v) is 13.9. The first-order valence-corrected chi connectivity index (χ1v) is 8.24. The van der Waals surface area contributed by atoms with Gasteiger partial charge in [0.15, 0.2) is 0 Å². The van der Waals surface area contributed by atoms with Gasteiger partial charge in [0.25, 0.3) is 0 Å². The summed E-state index contributed by atoms with van der Waals surface area (Å²) in [6.45, 7) is 1.42. The van der Waals surface area contributed by atoms with Crippen molar-refractivity contribution in [1.29, 1.82) is 0 Å². The molecular formula is C17H18N2O4S. The van der Waals surface area contributed by atoms with Gasteiger partial charge >= 0.3 is 5.97 Å². The molecule has 6 nitrogen and oxygen atoms in total. The Morgan fingerprint density at radius 2 is 1.67 bits per heavy atom. The van der Waals surface area contributed by atoms with Crippen molar-refractivity contribution in [2.24, 2.45) is 0 Å². The highest BCUT2D eigenvalue weighted by Crippen LogP contribution is 2.28. The van der Waals surface area contributed by atoms with E-state index in [4.69, 9.17) is 5.11 Å². The molecule has 0 saturated heterocycles. The molecule has 0 aliphatic heterocycles. The molecule has 2 rings (SSSR count). The van der Waals surface area contributed by atoms with Crippen LogP contribution in [0.3, 0.4) is 0 Å². The quantitative estimate of drug-likeness (QED) is 0.717. The molecule has 0 aliphatic carbocycles. The second-order valence-corrected chi connectivity index (χ2v) is 6.30. The van der Waals surface area contributed by atoms with E-state index in [2.05, 4.69) is 10.6 Å². The van der Waals surface area contributed by atoms with E-state index in [-0.39, 0.29) is 30.6 Å². The summed E-state index contributed by atoms with van der Waals surface area (Å²) in [5, 5.41) is 16.3. The van der Waals surface area contributed by atoms with E-state index >= 15 is 0 Å². The number of carbonyl (C=O) groups excluding carboxylic acids is 2. The van der Waals surface area contributed by atoms with Crippen LogP contribution >= 0.6 is 11.3 Å². The monoisotopic (exact) mass is 346 g/mol. The van der Waals surface area contributed by atoms with Crippen molar-refractivity contribution in [2.45, 2.75) is 25.7 Å². The molecule has 24 heavy (non-hydrogen) atoms. The van der Waals surface area contributed by atoms with Crippen LogP contribution in [0, 0.1) is 0 Å². The van der Waals surface area contributed by atoms with Crippen LogP contribution in [0.5, 0.6) is 0 Å². The Kier molecular flexibility index (Phi) is 6.08. The minimum atomic E-state index is -0.930. The Morgan fingerprint density at radius 1 is 1.04 bits per heavy atom. The summed E-state index contributed by atoms with van der Waals surface area (Å²) in [7, 11) is 0. The van der Waals surface area contributed by atoms with Crippen molar-refractivity contribution < 1.29 is 19.5 Å². The fourth-order valence-corrected chi connectivity index (χ4v) is 3.11. The lowest BCUT2D eigenvalue weighted by Crippen LogP contribution is -2.17. The van der Waals surface area contributed by atoms with Crippen LogP contribution in [0.4, 0.5) is 11.4 Å². The van der Waals surface area contributed by atoms with Gasteiger partial charge in [-0.25, -0.2) is 0 Å². The van der Waals surface area contributed by atoms with Gasteiger partial charge < -0.3 is 15.7 Å². The van der Waals surface area contributed by atoms with Crippen LogP contribution in [-0.4, -0.2) is 22.9 Å². The molecule has 1 heterocycles. The number of anilines is 2. The third-order valence-electron chi connectivity index (χ3n) is 3.29. The van der Waals surface area contributed by atoms with Crippen LogP contribution in [0.15, 0.2) is 41.8 Å². The molecular weight excluding hydrogens is 328 g/mol. The summed E-state index contributed by atoms with van der Waals surface area (Å²) in [6.07, 6.45) is 0.00959. The zero-order chi connectivity index (χ0) is 17.5. The second-order valence-electron chi connectivity index (χ2n) is 5.32. The van der Waals surface area contributed by atoms with E-state index in [9.17, 15) is 14.4 Å². The molecule has 1 aromatic carbocycles. The highest BCUT2D eigenvalue weighted by Gasteiger charge is 2.20. The standard InChI is InChI=1S/C17H18N2O4S/c1-11(20)18-13-4-6-14(7-5-13)19-16(21)9-12(10-17(22)23)15-3-2-8-24-15/h2-8,12H,9-10H2,1H3,(H,18,20)(H,19,21)(H,22,23). The van der Waals surface area contributed by atoms with Crippen molar-refractivity contribution in [1.82, 2.24) is 0 Å². The topological polar surface area (TPSA) is 95.5 Å². The van der Waals surface area contributed by atoms with E-state index in [0.717, 1.165) is 4.88 Å². The number of nitrogens with one attached hydrogen (secondary N) is 2. The molecule has 0 saturated carbocycles. The van der Waals surface area contributed by atoms with Crippen molar-refractivity contribution in [3.8, 4) is 0 Å². The first kappa shape index (κ1) is 17.7. The van der Waals surface area contributed by atoms with E-state index in [1.807, 2.05) is 17.5 Å². The molecule has 0 spiro atoms. The van der Waals surface area contributed by atoms with Gasteiger partial charge in [-0.2, -0.15) is 0 Å². The zero-order valence-electron chi connectivity index (χ0n) is 13.1. The molecule has 0 bridgehead atoms. The van der Waals surface area contributed by atoms with Gasteiger partial charge in [-0.3, -0.25) is 14.4 Å². The molecule has 2 amide bonds. The Labute approximate surface area is 143 Å². The third kappa shape index (κ3) is 5.51. The Balaban J connectivity index is 1.97. The number of rotatable bonds is 7. The number of carboxylic acid groups (broad SMARTS) is 1. The molecule has 2 aromatic rings. The van der Waals surface area contributed by atoms with Crippen LogP contribution < -0.4 is 10.6 Å². The number of hydrogen-bond acceptors (Lipinski definition) is 4. The summed E-state index contributed by atoms with van der Waals surface area (Å²) in [6, 6.07) is 10.4. The number of thiophene rings is 1. The van der Waals surface area contributed by atoms with Crippen LogP contribution in [0.1, 0.15) is 30.6 Å². The van der Waals surface area contributed by atoms with Gasteiger partial charge in [-0.05, 0) is 35.7 Å². The average Bonchev–Trinajstić information content (AvgIpc) is 3.02. The highest BCUT2D eigenvalue weighted by atomic mass is 32.1. The number of hydrogen-bond donors (Lipinski definition) is 3. The maximum absolute atomic E-state index is 12.2. The predicted octanol–water partition coefficient (Wildman–Crippen LogP) is 3.29. The smallest absolute Gasteiger partial charge is 0.304 e. The average molecular weight is 346 g/mol. The fraction of sp³-hybridized carbons (Fsp3) is 0.235. The molecule has 1 atom stereocenters. The molecule has 0 fully saturated rings. The molecule has 1 unspecified atom stereocenters. The van der Waals surface area contributed by atoms with Crippen LogP contribution in [0.25, 0.3) is 0 Å². The van der Waals surface area contributed by atoms with Crippen molar-refractivity contribution in [2.75, 3.05) is 10.6 Å². The van der Waals surface area contributed by atoms with Gasteiger partial charge in [0.2, 0.25) is 11.8 Å². The third-order valence-corrected chi connectivity index (χ3v) is 4.32. The van der Waals surface area contributed by atoms with E-state index in [0.29, 0.717) is 11.4 Å². The van der Waals surface area contributed by atoms with Gasteiger partial charge in [0.1, 0.15) is 0 Å². The van der Waals surface area contributed by atoms with Crippen LogP contribution in [0.2, 0.25) is 0 Å². The van der Waals surface area contributed by atoms with Crippen LogP contribution in [-0.2, 0) is 14.4 Å². The van der Waals surface area contributed by atoms with Gasteiger partial charge in [-0.1, -0.05) is 6.07 Å². The summed E-state index contributed by atoms with van der Waals surface area (Å²) in [5.41, 5.74) is 1.23. The molecule has 126 valence electrons. The van der Waals surface area contributed by atoms with Crippen molar-refractivity contribution >= 4 is 40.5 Å². The lowest BCUT2D eigenvalue weighted by Gasteiger charge is -2.13. The van der Waals surface area contributed by atoms with E-state index in [1.165, 1.54) is 18.3 Å². The van der Waals surface area contributed by atoms with Gasteiger partial charge in [-0.15, -0.1) is 11.3 Å². The normalized spacial score (nSPS) is 11.5. The fourth-order valence-electron chi connectivity index (χ4n) is 2.28. The van der Waals surface area contributed by atoms with E-state index in [1.54, 1.807) is 24.3 Å². The number of benzene rings is 1. The SMILES string of the molecule is CC(=O)Nc1ccc(NC(=O)CC(CC(=O)O)c2cccs2)cc1. The molecule has 1 aromatic heterocycles. The summed E-state index contributed by atoms with van der Waals surface area (Å²) < 4.78 is 0. The summed E-state index contributed by atoms with van der Waals surface area (Å²) in [5.74, 6) is -1.69. The van der Waals surface area contributed by atoms with Crippen molar-refractivity contribution in [3.05, 3.63) is 46.7 Å². The predicted molar refractivity (Wildman–Crippen MR) is 93.3 cm³/mol. The van der Waals surface area contributed by atoms with Crippen molar-refractivity contribution in [3.63, 3.8) is 0 Å². The lowest BCUT2D eigenvalue weighted by molar-refractivity contribution is -0.137. The summed E-state index contributed by atoms with van der Waals surface area (Å²) >= 11 is 1.45. The lowest BCUT2D eigenvalue weighted by atomic mass is 9.99. The van der Waals surface area contributed by atoms with Gasteiger partial charge in [0, 0.05) is 35.5 Å². The number of carbonyl (C=O) groups is 3. The first-order chi connectivity index (χ1) is 11.4. The number of aliphatic carboxylic acids is 1. The Bertz CT molecular complexity index is 711. The minimum absolute atomic E-state index is 0.0879. The van der Waals surface area contributed by atoms with Gasteiger partial charge in [0.05, 0.1) is 6.42 Å². The molecule has 7 heteroatoms. The maximum atomic E-state index is 12.2.